The van der Waals surface area contributed by atoms with Crippen LogP contribution >= 0.6 is 0 Å². The average molecular weight is 340 g/mol. The SMILES string of the molecule is CS(=O)N1[C@H](c2ccccc2)[C@H]2CCC[C@H](C2)[C@@H]1c1ccccc1. The van der Waals surface area contributed by atoms with Gasteiger partial charge in [-0.2, -0.15) is 0 Å². The first-order valence-corrected chi connectivity index (χ1v) is 10.5. The van der Waals surface area contributed by atoms with E-state index in [0.29, 0.717) is 11.8 Å². The summed E-state index contributed by atoms with van der Waals surface area (Å²) < 4.78 is 15.1. The van der Waals surface area contributed by atoms with Crippen molar-refractivity contribution >= 4 is 11.0 Å². The third-order valence-electron chi connectivity index (χ3n) is 5.78. The number of fused-ring (bicyclic) bond motifs is 2. The van der Waals surface area contributed by atoms with E-state index in [1.54, 1.807) is 0 Å². The molecule has 0 radical (unpaired) electrons. The molecule has 1 aliphatic heterocycles. The fourth-order valence-corrected chi connectivity index (χ4v) is 6.11. The lowest BCUT2D eigenvalue weighted by Crippen LogP contribution is -2.47. The Morgan fingerprint density at radius 1 is 0.833 bits per heavy atom. The molecule has 126 valence electrons. The molecule has 1 saturated heterocycles. The molecule has 1 aliphatic carbocycles. The second-order valence-electron chi connectivity index (χ2n) is 7.18. The minimum atomic E-state index is -0.989. The number of rotatable bonds is 3. The Hall–Kier alpha value is -1.45. The van der Waals surface area contributed by atoms with Crippen LogP contribution in [0.3, 0.4) is 0 Å². The number of piperidine rings is 1. The Bertz CT molecular complexity index is 649. The Morgan fingerprint density at radius 2 is 1.29 bits per heavy atom. The van der Waals surface area contributed by atoms with Gasteiger partial charge in [-0.1, -0.05) is 67.1 Å². The van der Waals surface area contributed by atoms with Crippen molar-refractivity contribution in [2.45, 2.75) is 37.8 Å². The van der Waals surface area contributed by atoms with Crippen LogP contribution in [0.2, 0.25) is 0 Å². The van der Waals surface area contributed by atoms with E-state index in [2.05, 4.69) is 65.0 Å². The highest BCUT2D eigenvalue weighted by molar-refractivity contribution is 7.81. The average Bonchev–Trinajstić information content (AvgIpc) is 2.63. The minimum Gasteiger partial charge on any atom is -0.243 e. The summed E-state index contributed by atoms with van der Waals surface area (Å²) in [4.78, 5) is 0. The number of hydrogen-bond donors (Lipinski definition) is 0. The second kappa shape index (κ2) is 6.81. The minimum absolute atomic E-state index is 0.263. The molecule has 2 aromatic rings. The molecule has 1 saturated carbocycles. The molecule has 2 fully saturated rings. The Morgan fingerprint density at radius 3 is 1.71 bits per heavy atom. The van der Waals surface area contributed by atoms with Crippen LogP contribution in [0.25, 0.3) is 0 Å². The highest BCUT2D eigenvalue weighted by atomic mass is 32.2. The maximum absolute atomic E-state index is 12.8. The molecule has 2 aromatic carbocycles. The van der Waals surface area contributed by atoms with Crippen molar-refractivity contribution in [3.05, 3.63) is 71.8 Å². The summed E-state index contributed by atoms with van der Waals surface area (Å²) in [6, 6.07) is 21.9. The lowest BCUT2D eigenvalue weighted by molar-refractivity contribution is 0.0328. The van der Waals surface area contributed by atoms with Crippen LogP contribution in [0.15, 0.2) is 60.7 Å². The first kappa shape index (κ1) is 16.0. The molecular formula is C21H25NOS. The monoisotopic (exact) mass is 339 g/mol. The molecule has 2 bridgehead atoms. The van der Waals surface area contributed by atoms with Crippen LogP contribution in [0.4, 0.5) is 0 Å². The summed E-state index contributed by atoms with van der Waals surface area (Å²) in [6.45, 7) is 0. The predicted octanol–water partition coefficient (Wildman–Crippen LogP) is 4.88. The van der Waals surface area contributed by atoms with Crippen molar-refractivity contribution in [1.29, 1.82) is 0 Å². The van der Waals surface area contributed by atoms with Gasteiger partial charge in [-0.25, -0.2) is 8.51 Å². The normalized spacial score (nSPS) is 31.5. The zero-order valence-electron chi connectivity index (χ0n) is 14.2. The maximum atomic E-state index is 12.8. The molecule has 0 aromatic heterocycles. The third kappa shape index (κ3) is 2.84. The van der Waals surface area contributed by atoms with E-state index in [0.717, 1.165) is 0 Å². The Balaban J connectivity index is 1.81. The molecule has 2 aliphatic rings. The summed E-state index contributed by atoms with van der Waals surface area (Å²) >= 11 is 0. The fourth-order valence-electron chi connectivity index (χ4n) is 4.89. The van der Waals surface area contributed by atoms with Crippen LogP contribution < -0.4 is 0 Å². The third-order valence-corrected chi connectivity index (χ3v) is 6.82. The summed E-state index contributed by atoms with van der Waals surface area (Å²) in [7, 11) is -0.989. The van der Waals surface area contributed by atoms with Gasteiger partial charge in [0.25, 0.3) is 0 Å². The Labute approximate surface area is 147 Å². The van der Waals surface area contributed by atoms with Gasteiger partial charge in [-0.05, 0) is 42.2 Å². The topological polar surface area (TPSA) is 20.3 Å². The summed E-state index contributed by atoms with van der Waals surface area (Å²) in [5, 5.41) is 0. The number of nitrogens with zero attached hydrogens (tertiary/aromatic N) is 1. The van der Waals surface area contributed by atoms with Gasteiger partial charge in [-0.15, -0.1) is 0 Å². The van der Waals surface area contributed by atoms with E-state index in [1.807, 2.05) is 6.26 Å². The van der Waals surface area contributed by atoms with Crippen LogP contribution in [0.1, 0.15) is 48.9 Å². The molecular weight excluding hydrogens is 314 g/mol. The number of benzene rings is 2. The molecule has 4 rings (SSSR count). The van der Waals surface area contributed by atoms with Gasteiger partial charge in [0, 0.05) is 6.26 Å². The van der Waals surface area contributed by atoms with Gasteiger partial charge in [0.05, 0.1) is 23.1 Å². The quantitative estimate of drug-likeness (QED) is 0.780. The lowest BCUT2D eigenvalue weighted by Gasteiger charge is -2.52. The second-order valence-corrected chi connectivity index (χ2v) is 8.45. The largest absolute Gasteiger partial charge is 0.243 e. The van der Waals surface area contributed by atoms with Crippen molar-refractivity contribution in [3.63, 3.8) is 0 Å². The van der Waals surface area contributed by atoms with Crippen LogP contribution in [0, 0.1) is 11.8 Å². The van der Waals surface area contributed by atoms with Gasteiger partial charge >= 0.3 is 0 Å². The number of hydrogen-bond acceptors (Lipinski definition) is 1. The van der Waals surface area contributed by atoms with Crippen LogP contribution in [-0.2, 0) is 11.0 Å². The molecule has 24 heavy (non-hydrogen) atoms. The molecule has 1 heterocycles. The molecule has 0 amide bonds. The molecule has 2 nitrogen and oxygen atoms in total. The molecule has 0 N–H and O–H groups in total. The summed E-state index contributed by atoms with van der Waals surface area (Å²) in [6.07, 6.45) is 6.92. The van der Waals surface area contributed by atoms with Crippen molar-refractivity contribution in [1.82, 2.24) is 4.31 Å². The van der Waals surface area contributed by atoms with Gasteiger partial charge in [0.2, 0.25) is 0 Å². The van der Waals surface area contributed by atoms with Crippen LogP contribution in [0.5, 0.6) is 0 Å². The first-order chi connectivity index (χ1) is 11.8. The van der Waals surface area contributed by atoms with Crippen molar-refractivity contribution in [3.8, 4) is 0 Å². The standard InChI is InChI=1S/C21H25NOS/c1-24(23)22-20(16-9-4-2-5-10-16)18-13-8-14-19(15-18)21(22)17-11-6-3-7-12-17/h2-7,9-12,18-21H,8,13-15H2,1H3/t18-,19+,20+,21-,24?. The summed E-state index contributed by atoms with van der Waals surface area (Å²) in [5.41, 5.74) is 2.64. The van der Waals surface area contributed by atoms with E-state index < -0.39 is 11.0 Å². The van der Waals surface area contributed by atoms with Gasteiger partial charge in [0.1, 0.15) is 0 Å². The molecule has 1 unspecified atom stereocenters. The molecule has 5 atom stereocenters. The maximum Gasteiger partial charge on any atom is 0.0922 e. The van der Waals surface area contributed by atoms with Gasteiger partial charge in [0.15, 0.2) is 0 Å². The smallest absolute Gasteiger partial charge is 0.0922 e. The van der Waals surface area contributed by atoms with E-state index in [1.165, 1.54) is 36.8 Å². The van der Waals surface area contributed by atoms with Gasteiger partial charge < -0.3 is 0 Å². The highest BCUT2D eigenvalue weighted by Gasteiger charge is 2.47. The van der Waals surface area contributed by atoms with Crippen molar-refractivity contribution in [2.75, 3.05) is 6.26 Å². The highest BCUT2D eigenvalue weighted by Crippen LogP contribution is 2.54. The molecule has 3 heteroatoms. The van der Waals surface area contributed by atoms with E-state index >= 15 is 0 Å². The van der Waals surface area contributed by atoms with Crippen molar-refractivity contribution in [2.24, 2.45) is 11.8 Å². The molecule has 0 spiro atoms. The fraction of sp³-hybridized carbons (Fsp3) is 0.429. The summed E-state index contributed by atoms with van der Waals surface area (Å²) in [5.74, 6) is 1.24. The Kier molecular flexibility index (Phi) is 4.55. The van der Waals surface area contributed by atoms with Crippen molar-refractivity contribution < 1.29 is 4.21 Å². The predicted molar refractivity (Wildman–Crippen MR) is 99.7 cm³/mol. The zero-order chi connectivity index (χ0) is 16.5. The van der Waals surface area contributed by atoms with E-state index in [9.17, 15) is 4.21 Å². The lowest BCUT2D eigenvalue weighted by atomic mass is 9.68. The zero-order valence-corrected chi connectivity index (χ0v) is 15.0. The first-order valence-electron chi connectivity index (χ1n) is 8.97. The van der Waals surface area contributed by atoms with Gasteiger partial charge in [-0.3, -0.25) is 0 Å². The van der Waals surface area contributed by atoms with E-state index in [-0.39, 0.29) is 12.1 Å². The van der Waals surface area contributed by atoms with E-state index in [4.69, 9.17) is 0 Å². The van der Waals surface area contributed by atoms with Crippen LogP contribution in [-0.4, -0.2) is 14.8 Å².